The van der Waals surface area contributed by atoms with Crippen molar-refractivity contribution in [1.82, 2.24) is 0 Å². The van der Waals surface area contributed by atoms with Crippen LogP contribution in [0.3, 0.4) is 0 Å². The topological polar surface area (TPSA) is 0 Å². The predicted octanol–water partition coefficient (Wildman–Crippen LogP) is 2.42. The Morgan fingerprint density at radius 2 is 1.67 bits per heavy atom. The Bertz CT molecular complexity index is 131. The summed E-state index contributed by atoms with van der Waals surface area (Å²) >= 11 is 0. The van der Waals surface area contributed by atoms with Crippen molar-refractivity contribution in [2.45, 2.75) is 39.0 Å². The fourth-order valence-corrected chi connectivity index (χ4v) is 2.97. The first-order valence-corrected chi connectivity index (χ1v) is 5.70. The minimum Gasteiger partial charge on any atom is -0.324 e. The first kappa shape index (κ1) is 8.55. The third-order valence-electron chi connectivity index (χ3n) is 4.02. The zero-order valence-corrected chi connectivity index (χ0v) is 8.39. The van der Waals surface area contributed by atoms with Gasteiger partial charge in [-0.2, -0.15) is 0 Å². The molecule has 0 aromatic carbocycles. The number of rotatable bonds is 3. The fourth-order valence-electron chi connectivity index (χ4n) is 2.97. The molecule has 3 fully saturated rings. The number of nitrogens with zero attached hydrogens (tertiary/aromatic N) is 1. The number of piperidine rings is 3. The lowest BCUT2D eigenvalue weighted by atomic mass is 9.85. The molecule has 0 unspecified atom stereocenters. The van der Waals surface area contributed by atoms with Crippen molar-refractivity contribution in [3.05, 3.63) is 0 Å². The van der Waals surface area contributed by atoms with E-state index in [1.165, 1.54) is 62.8 Å². The van der Waals surface area contributed by atoms with Gasteiger partial charge in [-0.1, -0.05) is 13.3 Å². The Kier molecular flexibility index (Phi) is 2.40. The van der Waals surface area contributed by atoms with Crippen LogP contribution in [0.5, 0.6) is 0 Å². The standard InChI is InChI=1S/C11H22N/c1-2-3-7-12-8-4-11(5-9-12)6-10-12/h11H,2-10H2,1H3/q+1. The second-order valence-electron chi connectivity index (χ2n) is 4.82. The molecule has 3 heterocycles. The second kappa shape index (κ2) is 3.37. The van der Waals surface area contributed by atoms with Crippen LogP contribution in [0.2, 0.25) is 0 Å². The highest BCUT2D eigenvalue weighted by Crippen LogP contribution is 2.33. The molecule has 12 heavy (non-hydrogen) atoms. The molecule has 0 saturated carbocycles. The minimum absolute atomic E-state index is 1.12. The summed E-state index contributed by atoms with van der Waals surface area (Å²) in [6.07, 6.45) is 7.42. The van der Waals surface area contributed by atoms with Gasteiger partial charge in [0, 0.05) is 0 Å². The van der Waals surface area contributed by atoms with E-state index in [2.05, 4.69) is 6.92 Å². The quantitative estimate of drug-likeness (QED) is 0.568. The van der Waals surface area contributed by atoms with E-state index >= 15 is 0 Å². The molecule has 3 rings (SSSR count). The maximum absolute atomic E-state index is 2.31. The van der Waals surface area contributed by atoms with Gasteiger partial charge in [-0.25, -0.2) is 0 Å². The van der Waals surface area contributed by atoms with Gasteiger partial charge in [0.25, 0.3) is 0 Å². The van der Waals surface area contributed by atoms with Gasteiger partial charge in [0.2, 0.25) is 0 Å². The molecule has 3 aliphatic heterocycles. The fraction of sp³-hybridized carbons (Fsp3) is 1.00. The molecule has 0 amide bonds. The van der Waals surface area contributed by atoms with Crippen LogP contribution in [0.25, 0.3) is 0 Å². The Balaban J connectivity index is 1.90. The van der Waals surface area contributed by atoms with Gasteiger partial charge < -0.3 is 4.48 Å². The average Bonchev–Trinajstić information content (AvgIpc) is 2.18. The zero-order valence-electron chi connectivity index (χ0n) is 8.39. The number of fused-ring (bicyclic) bond motifs is 3. The summed E-state index contributed by atoms with van der Waals surface area (Å²) in [5.74, 6) is 1.12. The summed E-state index contributed by atoms with van der Waals surface area (Å²) in [5.41, 5.74) is 0. The smallest absolute Gasteiger partial charge is 0.0789 e. The Hall–Kier alpha value is -0.0400. The van der Waals surface area contributed by atoms with Crippen LogP contribution >= 0.6 is 0 Å². The van der Waals surface area contributed by atoms with Crippen LogP contribution in [0.1, 0.15) is 39.0 Å². The third-order valence-corrected chi connectivity index (χ3v) is 4.02. The molecule has 3 aliphatic rings. The van der Waals surface area contributed by atoms with Gasteiger partial charge in [0.1, 0.15) is 0 Å². The largest absolute Gasteiger partial charge is 0.324 e. The zero-order chi connectivity index (χ0) is 8.44. The molecule has 0 spiro atoms. The van der Waals surface area contributed by atoms with Crippen LogP contribution in [0.4, 0.5) is 0 Å². The minimum atomic E-state index is 1.12. The van der Waals surface area contributed by atoms with Crippen LogP contribution in [0, 0.1) is 5.92 Å². The lowest BCUT2D eigenvalue weighted by Crippen LogP contribution is -2.58. The van der Waals surface area contributed by atoms with Crippen LogP contribution in [-0.2, 0) is 0 Å². The molecule has 1 heteroatoms. The third kappa shape index (κ3) is 1.52. The van der Waals surface area contributed by atoms with E-state index in [4.69, 9.17) is 0 Å². The monoisotopic (exact) mass is 168 g/mol. The molecule has 0 radical (unpaired) electrons. The summed E-state index contributed by atoms with van der Waals surface area (Å²) in [6.45, 7) is 8.30. The van der Waals surface area contributed by atoms with Crippen LogP contribution < -0.4 is 0 Å². The van der Waals surface area contributed by atoms with Crippen molar-refractivity contribution in [3.63, 3.8) is 0 Å². The molecule has 0 atom stereocenters. The number of hydrogen-bond acceptors (Lipinski definition) is 0. The Labute approximate surface area is 76.3 Å². The predicted molar refractivity (Wildman–Crippen MR) is 52.0 cm³/mol. The van der Waals surface area contributed by atoms with Gasteiger partial charge in [-0.3, -0.25) is 0 Å². The van der Waals surface area contributed by atoms with Gasteiger partial charge >= 0.3 is 0 Å². The molecule has 0 N–H and O–H groups in total. The summed E-state index contributed by atoms with van der Waals surface area (Å²) < 4.78 is 1.49. The van der Waals surface area contributed by atoms with E-state index in [-0.39, 0.29) is 0 Å². The highest BCUT2D eigenvalue weighted by Gasteiger charge is 2.38. The summed E-state index contributed by atoms with van der Waals surface area (Å²) in [7, 11) is 0. The maximum Gasteiger partial charge on any atom is 0.0789 e. The molecular weight excluding hydrogens is 146 g/mol. The molecule has 70 valence electrons. The molecule has 0 aliphatic carbocycles. The van der Waals surface area contributed by atoms with E-state index < -0.39 is 0 Å². The number of quaternary nitrogens is 1. The second-order valence-corrected chi connectivity index (χ2v) is 4.82. The highest BCUT2D eigenvalue weighted by atomic mass is 15.4. The summed E-state index contributed by atoms with van der Waals surface area (Å²) in [6, 6.07) is 0. The molecule has 1 nitrogen and oxygen atoms in total. The summed E-state index contributed by atoms with van der Waals surface area (Å²) in [4.78, 5) is 0. The SMILES string of the molecule is CCCC[N+]12CCC(CC1)CC2. The van der Waals surface area contributed by atoms with Gasteiger partial charge in [-0.05, 0) is 31.6 Å². The maximum atomic E-state index is 2.31. The molecular formula is C11H22N+. The number of unbranched alkanes of at least 4 members (excludes halogenated alkanes) is 1. The average molecular weight is 168 g/mol. The highest BCUT2D eigenvalue weighted by molar-refractivity contribution is 4.71. The molecule has 2 bridgehead atoms. The van der Waals surface area contributed by atoms with Gasteiger partial charge in [0.05, 0.1) is 26.2 Å². The van der Waals surface area contributed by atoms with Gasteiger partial charge in [0.15, 0.2) is 0 Å². The first-order chi connectivity index (χ1) is 5.85. The van der Waals surface area contributed by atoms with E-state index in [9.17, 15) is 0 Å². The molecule has 0 aromatic rings. The summed E-state index contributed by atoms with van der Waals surface area (Å²) in [5, 5.41) is 0. The van der Waals surface area contributed by atoms with Crippen LogP contribution in [-0.4, -0.2) is 30.7 Å². The van der Waals surface area contributed by atoms with Gasteiger partial charge in [-0.15, -0.1) is 0 Å². The molecule has 0 aromatic heterocycles. The van der Waals surface area contributed by atoms with Crippen molar-refractivity contribution >= 4 is 0 Å². The van der Waals surface area contributed by atoms with Crippen molar-refractivity contribution in [1.29, 1.82) is 0 Å². The van der Waals surface area contributed by atoms with E-state index in [0.717, 1.165) is 5.92 Å². The van der Waals surface area contributed by atoms with E-state index in [0.29, 0.717) is 0 Å². The first-order valence-electron chi connectivity index (χ1n) is 5.70. The van der Waals surface area contributed by atoms with E-state index in [1.54, 1.807) is 0 Å². The Morgan fingerprint density at radius 3 is 2.17 bits per heavy atom. The Morgan fingerprint density at radius 1 is 1.08 bits per heavy atom. The number of hydrogen-bond donors (Lipinski definition) is 0. The lowest BCUT2D eigenvalue weighted by molar-refractivity contribution is -0.942. The van der Waals surface area contributed by atoms with Crippen molar-refractivity contribution in [3.8, 4) is 0 Å². The lowest BCUT2D eigenvalue weighted by Gasteiger charge is -2.49. The van der Waals surface area contributed by atoms with Crippen molar-refractivity contribution in [2.75, 3.05) is 26.2 Å². The van der Waals surface area contributed by atoms with Crippen LogP contribution in [0.15, 0.2) is 0 Å². The molecule has 3 saturated heterocycles. The van der Waals surface area contributed by atoms with Crippen molar-refractivity contribution in [2.24, 2.45) is 5.92 Å². The van der Waals surface area contributed by atoms with E-state index in [1.807, 2.05) is 0 Å². The normalized spacial score (nSPS) is 40.2. The van der Waals surface area contributed by atoms with Crippen molar-refractivity contribution < 1.29 is 4.48 Å².